The lowest BCUT2D eigenvalue weighted by atomic mass is 9.94. The normalized spacial score (nSPS) is 18.5. The Morgan fingerprint density at radius 3 is 1.81 bits per heavy atom. The molecule has 0 amide bonds. The zero-order valence-electron chi connectivity index (χ0n) is 18.1. The highest BCUT2D eigenvalue weighted by molar-refractivity contribution is 5.61. The Balaban J connectivity index is 1.93. The molecule has 0 aliphatic heterocycles. The first-order chi connectivity index (χ1) is 15.1. The van der Waals surface area contributed by atoms with Gasteiger partial charge in [-0.25, -0.2) is 0 Å². The Bertz CT molecular complexity index is 1100. The molecule has 0 unspecified atom stereocenters. The van der Waals surface area contributed by atoms with Gasteiger partial charge in [-0.3, -0.25) is 18.7 Å². The van der Waals surface area contributed by atoms with E-state index in [0.29, 0.717) is 5.48 Å². The molecule has 0 spiro atoms. The van der Waals surface area contributed by atoms with Crippen molar-refractivity contribution < 1.29 is 5.11 Å². The first-order valence-corrected chi connectivity index (χ1v) is 11.6. The van der Waals surface area contributed by atoms with Gasteiger partial charge >= 0.3 is 0 Å². The molecule has 1 N–H and O–H groups in total. The van der Waals surface area contributed by atoms with Gasteiger partial charge in [-0.15, -0.1) is 0 Å². The summed E-state index contributed by atoms with van der Waals surface area (Å²) in [7, 11) is 0. The van der Waals surface area contributed by atoms with Crippen molar-refractivity contribution in [2.75, 3.05) is 0 Å². The molecular weight excluding hydrogens is 388 g/mol. The number of benzene rings is 1. The summed E-state index contributed by atoms with van der Waals surface area (Å²) in [5, 5.41) is 10.7. The average Bonchev–Trinajstić information content (AvgIpc) is 2.80. The summed E-state index contributed by atoms with van der Waals surface area (Å²) < 4.78 is 3.41. The van der Waals surface area contributed by atoms with Crippen LogP contribution in [0.3, 0.4) is 0 Å². The monoisotopic (exact) mass is 420 g/mol. The van der Waals surface area contributed by atoms with E-state index in [1.54, 1.807) is 15.2 Å². The van der Waals surface area contributed by atoms with Crippen molar-refractivity contribution in [2.45, 2.75) is 76.3 Å². The Morgan fingerprint density at radius 2 is 1.32 bits per heavy atom. The van der Waals surface area contributed by atoms with E-state index < -0.39 is 11.1 Å². The Labute approximate surface area is 182 Å². The average molecular weight is 421 g/mol. The van der Waals surface area contributed by atoms with Crippen LogP contribution < -0.4 is 21.8 Å². The lowest BCUT2D eigenvalue weighted by molar-refractivity contribution is 0.295. The number of aromatic nitrogens is 2. The quantitative estimate of drug-likeness (QED) is 0.818. The summed E-state index contributed by atoms with van der Waals surface area (Å²) in [5.41, 5.74) is 0.564. The lowest BCUT2D eigenvalue weighted by Gasteiger charge is -2.29. The molecule has 2 aliphatic rings. The summed E-state index contributed by atoms with van der Waals surface area (Å²) in [4.78, 5) is 27.0. The highest BCUT2D eigenvalue weighted by Gasteiger charge is 2.24. The molecule has 1 aromatic heterocycles. The van der Waals surface area contributed by atoms with Gasteiger partial charge in [0.1, 0.15) is 16.5 Å². The zero-order chi connectivity index (χ0) is 21.8. The maximum Gasteiger partial charge on any atom is 0.269 e. The van der Waals surface area contributed by atoms with Gasteiger partial charge < -0.3 is 5.11 Å². The van der Waals surface area contributed by atoms with E-state index in [4.69, 9.17) is 0 Å². The second kappa shape index (κ2) is 9.54. The van der Waals surface area contributed by atoms with Crippen LogP contribution in [0.25, 0.3) is 18.4 Å². The Hall–Kier alpha value is -2.82. The third-order valence-electron chi connectivity index (χ3n) is 6.79. The van der Waals surface area contributed by atoms with Crippen molar-refractivity contribution in [2.24, 2.45) is 0 Å². The van der Waals surface area contributed by atoms with E-state index in [9.17, 15) is 14.7 Å². The molecule has 1 aromatic carbocycles. The SMILES string of the molecule is C=c1n(C2CCCCC2)c(=O)c(=C(O)/C=C/c2ccccc2)c(=O)n1C1CCCCC1. The van der Waals surface area contributed by atoms with Crippen LogP contribution in [-0.4, -0.2) is 14.2 Å². The van der Waals surface area contributed by atoms with Crippen LogP contribution in [0.1, 0.15) is 81.9 Å². The first-order valence-electron chi connectivity index (χ1n) is 11.6. The smallest absolute Gasteiger partial charge is 0.269 e. The molecule has 2 fully saturated rings. The molecular formula is C26H32N2O3. The molecule has 164 valence electrons. The van der Waals surface area contributed by atoms with Gasteiger partial charge in [0.25, 0.3) is 11.1 Å². The summed E-state index contributed by atoms with van der Waals surface area (Å²) >= 11 is 0. The number of aliphatic hydroxyl groups excluding tert-OH is 1. The van der Waals surface area contributed by atoms with Crippen LogP contribution in [-0.2, 0) is 0 Å². The second-order valence-electron chi connectivity index (χ2n) is 8.85. The van der Waals surface area contributed by atoms with Crippen LogP contribution in [0.5, 0.6) is 0 Å². The summed E-state index contributed by atoms with van der Waals surface area (Å²) in [6.07, 6.45) is 13.4. The lowest BCUT2D eigenvalue weighted by Crippen LogP contribution is -2.60. The number of nitrogens with zero attached hydrogens (tertiary/aromatic N) is 2. The van der Waals surface area contributed by atoms with Crippen LogP contribution in [0.15, 0.2) is 46.0 Å². The van der Waals surface area contributed by atoms with Gasteiger partial charge in [-0.1, -0.05) is 81.5 Å². The minimum atomic E-state index is -0.413. The molecule has 2 saturated carbocycles. The molecule has 0 atom stereocenters. The summed E-state index contributed by atoms with van der Waals surface area (Å²) in [6, 6.07) is 9.61. The van der Waals surface area contributed by atoms with Crippen molar-refractivity contribution in [3.63, 3.8) is 0 Å². The maximum atomic E-state index is 13.5. The first kappa shape index (κ1) is 21.4. The number of hydrogen-bond acceptors (Lipinski definition) is 3. The largest absolute Gasteiger partial charge is 0.507 e. The molecule has 5 heteroatoms. The highest BCUT2D eigenvalue weighted by atomic mass is 16.3. The molecule has 4 rings (SSSR count). The Kier molecular flexibility index (Phi) is 6.59. The fourth-order valence-electron chi connectivity index (χ4n) is 5.16. The van der Waals surface area contributed by atoms with E-state index in [-0.39, 0.29) is 23.1 Å². The second-order valence-corrected chi connectivity index (χ2v) is 8.85. The van der Waals surface area contributed by atoms with Gasteiger partial charge in [-0.2, -0.15) is 0 Å². The summed E-state index contributed by atoms with van der Waals surface area (Å²) in [5.74, 6) is -0.270. The summed E-state index contributed by atoms with van der Waals surface area (Å²) in [6.45, 7) is 4.20. The number of hydrogen-bond donors (Lipinski definition) is 1. The van der Waals surface area contributed by atoms with Crippen molar-refractivity contribution in [1.82, 2.24) is 9.13 Å². The fourth-order valence-corrected chi connectivity index (χ4v) is 5.16. The van der Waals surface area contributed by atoms with E-state index >= 15 is 0 Å². The maximum absolute atomic E-state index is 13.5. The van der Waals surface area contributed by atoms with E-state index in [1.165, 1.54) is 18.9 Å². The zero-order valence-corrected chi connectivity index (χ0v) is 18.1. The Morgan fingerprint density at radius 1 is 0.839 bits per heavy atom. The van der Waals surface area contributed by atoms with E-state index in [2.05, 4.69) is 6.58 Å². The van der Waals surface area contributed by atoms with Gasteiger partial charge in [0.2, 0.25) is 0 Å². The van der Waals surface area contributed by atoms with E-state index in [1.807, 2.05) is 30.3 Å². The van der Waals surface area contributed by atoms with Crippen molar-refractivity contribution in [3.05, 3.63) is 73.4 Å². The minimum absolute atomic E-state index is 0.0360. The van der Waals surface area contributed by atoms with Crippen molar-refractivity contribution in [1.29, 1.82) is 0 Å². The number of rotatable bonds is 4. The minimum Gasteiger partial charge on any atom is -0.507 e. The van der Waals surface area contributed by atoms with Gasteiger partial charge in [0, 0.05) is 12.1 Å². The third kappa shape index (κ3) is 4.46. The van der Waals surface area contributed by atoms with Gasteiger partial charge in [-0.05, 0) is 37.3 Å². The van der Waals surface area contributed by atoms with Gasteiger partial charge in [0.05, 0.1) is 0 Å². The predicted octanol–water partition coefficient (Wildman–Crippen LogP) is 3.81. The van der Waals surface area contributed by atoms with Crippen molar-refractivity contribution in [3.8, 4) is 0 Å². The molecule has 0 saturated heterocycles. The number of aliphatic hydroxyl groups is 1. The highest BCUT2D eigenvalue weighted by Crippen LogP contribution is 2.27. The van der Waals surface area contributed by atoms with Gasteiger partial charge in [0.15, 0.2) is 0 Å². The van der Waals surface area contributed by atoms with Crippen LogP contribution >= 0.6 is 0 Å². The molecule has 2 aliphatic carbocycles. The predicted molar refractivity (Wildman–Crippen MR) is 125 cm³/mol. The molecule has 2 aromatic rings. The molecule has 1 heterocycles. The van der Waals surface area contributed by atoms with Crippen LogP contribution in [0.4, 0.5) is 0 Å². The van der Waals surface area contributed by atoms with Crippen LogP contribution in [0.2, 0.25) is 0 Å². The topological polar surface area (TPSA) is 64.2 Å². The van der Waals surface area contributed by atoms with E-state index in [0.717, 1.165) is 56.9 Å². The standard InChI is InChI=1S/C26H32N2O3/c1-19-27(21-13-7-3-8-14-21)25(30)24(23(29)18-17-20-11-5-2-6-12-20)26(31)28(19)22-15-9-4-10-16-22/h2,5-6,11-12,17-18,21-22,29H,1,3-4,7-10,13-16H2/b18-17+. The molecule has 0 radical (unpaired) electrons. The molecule has 0 bridgehead atoms. The third-order valence-corrected chi connectivity index (χ3v) is 6.79. The molecule has 5 nitrogen and oxygen atoms in total. The fraction of sp³-hybridized carbons (Fsp3) is 0.462. The van der Waals surface area contributed by atoms with Crippen molar-refractivity contribution >= 4 is 18.4 Å². The van der Waals surface area contributed by atoms with Crippen LogP contribution in [0, 0.1) is 0 Å². The molecule has 31 heavy (non-hydrogen) atoms.